The first-order valence-corrected chi connectivity index (χ1v) is 6.83. The summed E-state index contributed by atoms with van der Waals surface area (Å²) in [5.74, 6) is -2.27. The van der Waals surface area contributed by atoms with Crippen molar-refractivity contribution < 1.29 is 24.4 Å². The summed E-state index contributed by atoms with van der Waals surface area (Å²) < 4.78 is 0. The fourth-order valence-electron chi connectivity index (χ4n) is 2.09. The number of carbonyl (C=O) groups is 3. The number of amides is 2. The Hall–Kier alpha value is -2.97. The summed E-state index contributed by atoms with van der Waals surface area (Å²) in [6, 6.07) is 3.86. The summed E-state index contributed by atoms with van der Waals surface area (Å²) in [5.41, 5.74) is -0.794. The molecule has 2 amide bonds. The van der Waals surface area contributed by atoms with Crippen molar-refractivity contribution in [1.82, 2.24) is 10.6 Å². The van der Waals surface area contributed by atoms with Crippen LogP contribution in [0.2, 0.25) is 0 Å². The van der Waals surface area contributed by atoms with Crippen LogP contribution in [0.1, 0.15) is 28.8 Å². The molecule has 1 aliphatic rings. The Kier molecular flexibility index (Phi) is 4.30. The smallest absolute Gasteiger partial charge is 0.329 e. The SMILES string of the molecule is Cc1cc(C(=O)NCC(=O)NC2(C(=O)O)CC2)ccc1[N+](=O)[O-]. The van der Waals surface area contributed by atoms with Crippen molar-refractivity contribution in [2.75, 3.05) is 6.54 Å². The molecule has 9 heteroatoms. The molecule has 1 aliphatic carbocycles. The van der Waals surface area contributed by atoms with Crippen LogP contribution in [0.15, 0.2) is 18.2 Å². The molecule has 1 fully saturated rings. The Morgan fingerprint density at radius 3 is 2.48 bits per heavy atom. The molecule has 0 heterocycles. The number of hydrogen-bond donors (Lipinski definition) is 3. The van der Waals surface area contributed by atoms with Gasteiger partial charge in [-0.1, -0.05) is 0 Å². The molecule has 1 aromatic rings. The summed E-state index contributed by atoms with van der Waals surface area (Å²) >= 11 is 0. The Morgan fingerprint density at radius 2 is 2.00 bits per heavy atom. The van der Waals surface area contributed by atoms with Gasteiger partial charge in [-0.25, -0.2) is 4.79 Å². The van der Waals surface area contributed by atoms with Crippen LogP contribution in [-0.2, 0) is 9.59 Å². The van der Waals surface area contributed by atoms with Crippen LogP contribution in [-0.4, -0.2) is 39.9 Å². The van der Waals surface area contributed by atoms with E-state index in [4.69, 9.17) is 5.11 Å². The lowest BCUT2D eigenvalue weighted by atomic mass is 10.1. The number of nitro groups is 1. The molecular formula is C14H15N3O6. The summed E-state index contributed by atoms with van der Waals surface area (Å²) in [6.07, 6.45) is 0.729. The van der Waals surface area contributed by atoms with Gasteiger partial charge in [-0.15, -0.1) is 0 Å². The minimum Gasteiger partial charge on any atom is -0.480 e. The minimum atomic E-state index is -1.20. The molecule has 1 saturated carbocycles. The molecule has 0 saturated heterocycles. The molecule has 0 aromatic heterocycles. The van der Waals surface area contributed by atoms with Gasteiger partial charge in [-0.3, -0.25) is 19.7 Å². The minimum absolute atomic E-state index is 0.101. The van der Waals surface area contributed by atoms with Crippen LogP contribution in [0.5, 0.6) is 0 Å². The standard InChI is InChI=1S/C14H15N3O6/c1-8-6-9(2-3-10(8)17(22)23)12(19)15-7-11(18)16-14(4-5-14)13(20)21/h2-3,6H,4-5,7H2,1H3,(H,15,19)(H,16,18)(H,20,21). The average molecular weight is 321 g/mol. The molecule has 0 bridgehead atoms. The highest BCUT2D eigenvalue weighted by molar-refractivity contribution is 5.97. The Bertz CT molecular complexity index is 696. The van der Waals surface area contributed by atoms with Gasteiger partial charge in [0.1, 0.15) is 5.54 Å². The van der Waals surface area contributed by atoms with Crippen molar-refractivity contribution in [2.45, 2.75) is 25.3 Å². The van der Waals surface area contributed by atoms with Crippen LogP contribution in [0.25, 0.3) is 0 Å². The van der Waals surface area contributed by atoms with Gasteiger partial charge >= 0.3 is 5.97 Å². The lowest BCUT2D eigenvalue weighted by molar-refractivity contribution is -0.385. The number of nitrogens with zero attached hydrogens (tertiary/aromatic N) is 1. The Balaban J connectivity index is 1.92. The van der Waals surface area contributed by atoms with Gasteiger partial charge in [0.25, 0.3) is 11.6 Å². The number of rotatable bonds is 6. The quantitative estimate of drug-likeness (QED) is 0.511. The summed E-state index contributed by atoms with van der Waals surface area (Å²) in [5, 5.41) is 24.4. The largest absolute Gasteiger partial charge is 0.480 e. The predicted molar refractivity (Wildman–Crippen MR) is 77.9 cm³/mol. The predicted octanol–water partition coefficient (Wildman–Crippen LogP) is 0.366. The van der Waals surface area contributed by atoms with Crippen LogP contribution in [0.3, 0.4) is 0 Å². The number of benzene rings is 1. The molecule has 0 unspecified atom stereocenters. The Morgan fingerprint density at radius 1 is 1.35 bits per heavy atom. The van der Waals surface area contributed by atoms with E-state index in [0.717, 1.165) is 0 Å². The number of carboxylic acids is 1. The van der Waals surface area contributed by atoms with Gasteiger partial charge < -0.3 is 15.7 Å². The monoisotopic (exact) mass is 321 g/mol. The van der Waals surface area contributed by atoms with Crippen molar-refractivity contribution in [2.24, 2.45) is 0 Å². The third-order valence-electron chi connectivity index (χ3n) is 3.60. The normalized spacial score (nSPS) is 14.7. The van der Waals surface area contributed by atoms with Crippen molar-refractivity contribution in [3.8, 4) is 0 Å². The maximum absolute atomic E-state index is 11.9. The van der Waals surface area contributed by atoms with Crippen LogP contribution in [0.4, 0.5) is 5.69 Å². The highest BCUT2D eigenvalue weighted by Gasteiger charge is 2.51. The van der Waals surface area contributed by atoms with Crippen molar-refractivity contribution >= 4 is 23.5 Å². The number of nitrogens with one attached hydrogen (secondary N) is 2. The van der Waals surface area contributed by atoms with Crippen molar-refractivity contribution in [3.63, 3.8) is 0 Å². The van der Waals surface area contributed by atoms with Crippen LogP contribution in [0, 0.1) is 17.0 Å². The zero-order valence-electron chi connectivity index (χ0n) is 12.3. The van der Waals surface area contributed by atoms with Gasteiger partial charge in [-0.05, 0) is 31.9 Å². The van der Waals surface area contributed by atoms with Crippen molar-refractivity contribution in [3.05, 3.63) is 39.4 Å². The number of nitro benzene ring substituents is 1. The molecule has 1 aromatic carbocycles. The first-order chi connectivity index (χ1) is 10.7. The maximum atomic E-state index is 11.9. The van der Waals surface area contributed by atoms with Gasteiger partial charge in [0.15, 0.2) is 0 Å². The molecule has 122 valence electrons. The molecule has 0 aliphatic heterocycles. The van der Waals surface area contributed by atoms with E-state index >= 15 is 0 Å². The second kappa shape index (κ2) is 6.03. The van der Waals surface area contributed by atoms with Crippen LogP contribution < -0.4 is 10.6 Å². The zero-order valence-corrected chi connectivity index (χ0v) is 12.3. The molecular weight excluding hydrogens is 306 g/mol. The number of carboxylic acid groups (broad SMARTS) is 1. The second-order valence-electron chi connectivity index (χ2n) is 5.38. The topological polar surface area (TPSA) is 139 Å². The maximum Gasteiger partial charge on any atom is 0.329 e. The number of carbonyl (C=O) groups excluding carboxylic acids is 2. The van der Waals surface area contributed by atoms with E-state index in [0.29, 0.717) is 18.4 Å². The third kappa shape index (κ3) is 3.62. The number of hydrogen-bond acceptors (Lipinski definition) is 5. The molecule has 0 spiro atoms. The van der Waals surface area contributed by atoms with E-state index in [1.165, 1.54) is 25.1 Å². The summed E-state index contributed by atoms with van der Waals surface area (Å²) in [4.78, 5) is 44.7. The fraction of sp³-hybridized carbons (Fsp3) is 0.357. The van der Waals surface area contributed by atoms with E-state index in [-0.39, 0.29) is 17.8 Å². The molecule has 0 radical (unpaired) electrons. The summed E-state index contributed by atoms with van der Waals surface area (Å²) in [6.45, 7) is 1.13. The third-order valence-corrected chi connectivity index (χ3v) is 3.60. The summed E-state index contributed by atoms with van der Waals surface area (Å²) in [7, 11) is 0. The fourth-order valence-corrected chi connectivity index (χ4v) is 2.09. The van der Waals surface area contributed by atoms with Gasteiger partial charge in [0.05, 0.1) is 11.5 Å². The zero-order chi connectivity index (χ0) is 17.2. The first kappa shape index (κ1) is 16.4. The van der Waals surface area contributed by atoms with E-state index in [1.807, 2.05) is 0 Å². The molecule has 2 rings (SSSR count). The van der Waals surface area contributed by atoms with Gasteiger partial charge in [0, 0.05) is 17.2 Å². The van der Waals surface area contributed by atoms with E-state index in [9.17, 15) is 24.5 Å². The van der Waals surface area contributed by atoms with E-state index in [1.54, 1.807) is 0 Å². The van der Waals surface area contributed by atoms with Gasteiger partial charge in [0.2, 0.25) is 5.91 Å². The van der Waals surface area contributed by atoms with Crippen LogP contribution >= 0.6 is 0 Å². The highest BCUT2D eigenvalue weighted by Crippen LogP contribution is 2.35. The number of aliphatic carboxylic acids is 1. The second-order valence-corrected chi connectivity index (χ2v) is 5.38. The molecule has 3 N–H and O–H groups in total. The number of aryl methyl sites for hydroxylation is 1. The lowest BCUT2D eigenvalue weighted by Crippen LogP contribution is -2.47. The average Bonchev–Trinajstić information content (AvgIpc) is 3.25. The van der Waals surface area contributed by atoms with E-state index < -0.39 is 28.2 Å². The molecule has 23 heavy (non-hydrogen) atoms. The van der Waals surface area contributed by atoms with Gasteiger partial charge in [-0.2, -0.15) is 0 Å². The molecule has 0 atom stereocenters. The van der Waals surface area contributed by atoms with Crippen molar-refractivity contribution in [1.29, 1.82) is 0 Å². The Labute approximate surface area is 130 Å². The highest BCUT2D eigenvalue weighted by atomic mass is 16.6. The first-order valence-electron chi connectivity index (χ1n) is 6.83. The lowest BCUT2D eigenvalue weighted by Gasteiger charge is -2.12. The molecule has 9 nitrogen and oxygen atoms in total. The van der Waals surface area contributed by atoms with E-state index in [2.05, 4.69) is 10.6 Å².